The zero-order valence-corrected chi connectivity index (χ0v) is 12.5. The van der Waals surface area contributed by atoms with Crippen molar-refractivity contribution in [2.45, 2.75) is 31.2 Å². The first kappa shape index (κ1) is 16.9. The van der Waals surface area contributed by atoms with Gasteiger partial charge in [-0.15, -0.1) is 0 Å². The van der Waals surface area contributed by atoms with Crippen LogP contribution < -0.4 is 15.8 Å². The van der Waals surface area contributed by atoms with Crippen molar-refractivity contribution in [1.82, 2.24) is 4.72 Å². The lowest BCUT2D eigenvalue weighted by atomic mass is 10.2. The second-order valence-corrected chi connectivity index (χ2v) is 6.03. The monoisotopic (exact) mass is 314 g/mol. The van der Waals surface area contributed by atoms with Crippen molar-refractivity contribution in [3.63, 3.8) is 0 Å². The zero-order chi connectivity index (χ0) is 16.0. The van der Waals surface area contributed by atoms with E-state index in [1.165, 1.54) is 31.2 Å². The number of nitrogens with one attached hydrogen (secondary N) is 2. The van der Waals surface area contributed by atoms with Crippen LogP contribution in [0.2, 0.25) is 0 Å². The van der Waals surface area contributed by atoms with Gasteiger partial charge in [0.25, 0.3) is 0 Å². The zero-order valence-electron chi connectivity index (χ0n) is 11.7. The van der Waals surface area contributed by atoms with Gasteiger partial charge in [-0.2, -0.15) is 0 Å². The Labute approximate surface area is 123 Å². The number of rotatable bonds is 6. The van der Waals surface area contributed by atoms with E-state index in [1.54, 1.807) is 6.92 Å². The molecule has 8 nitrogen and oxygen atoms in total. The maximum absolute atomic E-state index is 12.2. The fourth-order valence-corrected chi connectivity index (χ4v) is 2.89. The minimum Gasteiger partial charge on any atom is -0.409 e. The second kappa shape index (κ2) is 7.04. The number of carbonyl (C=O) groups is 1. The molecule has 0 saturated heterocycles. The topological polar surface area (TPSA) is 134 Å². The van der Waals surface area contributed by atoms with Crippen LogP contribution >= 0.6 is 0 Å². The van der Waals surface area contributed by atoms with E-state index in [9.17, 15) is 13.2 Å². The molecule has 5 N–H and O–H groups in total. The van der Waals surface area contributed by atoms with E-state index >= 15 is 0 Å². The Morgan fingerprint density at radius 3 is 2.38 bits per heavy atom. The Bertz CT molecular complexity index is 625. The van der Waals surface area contributed by atoms with Crippen molar-refractivity contribution in [3.05, 3.63) is 24.3 Å². The van der Waals surface area contributed by atoms with E-state index < -0.39 is 16.1 Å². The predicted octanol–water partition coefficient (Wildman–Crippen LogP) is 0.448. The summed E-state index contributed by atoms with van der Waals surface area (Å²) >= 11 is 0. The number of hydrogen-bond donors (Lipinski definition) is 4. The van der Waals surface area contributed by atoms with Gasteiger partial charge in [-0.05, 0) is 30.7 Å². The smallest absolute Gasteiger partial charge is 0.241 e. The molecule has 21 heavy (non-hydrogen) atoms. The van der Waals surface area contributed by atoms with E-state index in [2.05, 4.69) is 15.2 Å². The summed E-state index contributed by atoms with van der Waals surface area (Å²) in [6, 6.07) is 4.86. The third-order valence-corrected chi connectivity index (χ3v) is 4.15. The van der Waals surface area contributed by atoms with Gasteiger partial charge in [0, 0.05) is 12.6 Å². The molecule has 1 aromatic carbocycles. The summed E-state index contributed by atoms with van der Waals surface area (Å²) in [7, 11) is -3.81. The van der Waals surface area contributed by atoms with Crippen LogP contribution in [-0.2, 0) is 14.8 Å². The van der Waals surface area contributed by atoms with Crippen molar-refractivity contribution in [2.75, 3.05) is 5.32 Å². The van der Waals surface area contributed by atoms with Gasteiger partial charge in [0.1, 0.15) is 0 Å². The molecule has 0 spiro atoms. The molecule has 0 radical (unpaired) electrons. The molecule has 1 unspecified atom stereocenters. The SMILES string of the molecule is CCC(NS(=O)(=O)c1ccc(NC(C)=O)cc1)/C(N)=N/O. The lowest BCUT2D eigenvalue weighted by Gasteiger charge is -2.15. The summed E-state index contributed by atoms with van der Waals surface area (Å²) in [5.41, 5.74) is 5.91. The molecule has 0 aliphatic heterocycles. The molecule has 0 heterocycles. The number of amides is 1. The summed E-state index contributed by atoms with van der Waals surface area (Å²) < 4.78 is 26.7. The first-order valence-corrected chi connectivity index (χ1v) is 7.66. The average Bonchev–Trinajstić information content (AvgIpc) is 2.44. The van der Waals surface area contributed by atoms with Gasteiger partial charge in [0.2, 0.25) is 15.9 Å². The molecular formula is C12H18N4O4S. The maximum atomic E-state index is 12.2. The lowest BCUT2D eigenvalue weighted by molar-refractivity contribution is -0.114. The van der Waals surface area contributed by atoms with Crippen molar-refractivity contribution < 1.29 is 18.4 Å². The number of nitrogens with two attached hydrogens (primary N) is 1. The standard InChI is InChI=1S/C12H18N4O4S/c1-3-11(12(13)15-18)16-21(19,20)10-6-4-9(5-7-10)14-8(2)17/h4-7,11,16,18H,3H2,1-2H3,(H2,13,15)(H,14,17). The van der Waals surface area contributed by atoms with Gasteiger partial charge in [-0.25, -0.2) is 13.1 Å². The first-order valence-electron chi connectivity index (χ1n) is 6.17. The minimum absolute atomic E-state index is 0.0146. The van der Waals surface area contributed by atoms with Gasteiger partial charge in [0.05, 0.1) is 10.9 Å². The predicted molar refractivity (Wildman–Crippen MR) is 78.6 cm³/mol. The summed E-state index contributed by atoms with van der Waals surface area (Å²) in [5.74, 6) is -0.461. The molecule has 116 valence electrons. The van der Waals surface area contributed by atoms with E-state index in [4.69, 9.17) is 10.9 Å². The van der Waals surface area contributed by atoms with Crippen LogP contribution in [0, 0.1) is 0 Å². The molecular weight excluding hydrogens is 296 g/mol. The highest BCUT2D eigenvalue weighted by atomic mass is 32.2. The Kier molecular flexibility index (Phi) is 5.68. The quantitative estimate of drug-likeness (QED) is 0.262. The van der Waals surface area contributed by atoms with Crippen molar-refractivity contribution in [2.24, 2.45) is 10.9 Å². The minimum atomic E-state index is -3.81. The number of amidine groups is 1. The van der Waals surface area contributed by atoms with Crippen LogP contribution in [0.3, 0.4) is 0 Å². The van der Waals surface area contributed by atoms with Crippen LogP contribution in [0.15, 0.2) is 34.3 Å². The molecule has 0 aliphatic rings. The van der Waals surface area contributed by atoms with Crippen LogP contribution in [0.5, 0.6) is 0 Å². The Morgan fingerprint density at radius 1 is 1.38 bits per heavy atom. The second-order valence-electron chi connectivity index (χ2n) is 4.31. The van der Waals surface area contributed by atoms with Gasteiger partial charge in [-0.1, -0.05) is 12.1 Å². The van der Waals surface area contributed by atoms with Gasteiger partial charge in [0.15, 0.2) is 5.84 Å². The molecule has 0 aromatic heterocycles. The number of carbonyl (C=O) groups excluding carboxylic acids is 1. The highest BCUT2D eigenvalue weighted by Crippen LogP contribution is 2.14. The molecule has 1 amide bonds. The Morgan fingerprint density at radius 2 is 1.95 bits per heavy atom. The van der Waals surface area contributed by atoms with Gasteiger partial charge >= 0.3 is 0 Å². The largest absolute Gasteiger partial charge is 0.409 e. The molecule has 1 atom stereocenters. The molecule has 0 bridgehead atoms. The molecule has 0 saturated carbocycles. The van der Waals surface area contributed by atoms with Gasteiger partial charge in [-0.3, -0.25) is 4.79 Å². The summed E-state index contributed by atoms with van der Waals surface area (Å²) in [4.78, 5) is 10.9. The maximum Gasteiger partial charge on any atom is 0.241 e. The van der Waals surface area contributed by atoms with Crippen molar-refractivity contribution >= 4 is 27.5 Å². The van der Waals surface area contributed by atoms with E-state index in [0.717, 1.165) is 0 Å². The van der Waals surface area contributed by atoms with Gasteiger partial charge < -0.3 is 16.3 Å². The van der Waals surface area contributed by atoms with Crippen molar-refractivity contribution in [1.29, 1.82) is 0 Å². The molecule has 1 rings (SSSR count). The first-order chi connectivity index (χ1) is 9.80. The summed E-state index contributed by atoms with van der Waals surface area (Å²) in [6.07, 6.45) is 0.332. The number of hydrogen-bond acceptors (Lipinski definition) is 5. The fraction of sp³-hybridized carbons (Fsp3) is 0.333. The number of benzene rings is 1. The average molecular weight is 314 g/mol. The molecule has 9 heteroatoms. The molecule has 1 aromatic rings. The Balaban J connectivity index is 2.95. The van der Waals surface area contributed by atoms with E-state index in [0.29, 0.717) is 12.1 Å². The molecule has 0 fully saturated rings. The van der Waals surface area contributed by atoms with E-state index in [-0.39, 0.29) is 16.6 Å². The Hall–Kier alpha value is -2.13. The number of nitrogens with zero attached hydrogens (tertiary/aromatic N) is 1. The van der Waals surface area contributed by atoms with Crippen LogP contribution in [-0.4, -0.2) is 31.4 Å². The fourth-order valence-electron chi connectivity index (χ4n) is 1.60. The van der Waals surface area contributed by atoms with Crippen LogP contribution in [0.1, 0.15) is 20.3 Å². The normalized spacial score (nSPS) is 13.7. The third-order valence-electron chi connectivity index (χ3n) is 2.66. The highest BCUT2D eigenvalue weighted by Gasteiger charge is 2.21. The lowest BCUT2D eigenvalue weighted by Crippen LogP contribution is -2.44. The summed E-state index contributed by atoms with van der Waals surface area (Å²) in [6.45, 7) is 3.06. The number of sulfonamides is 1. The summed E-state index contributed by atoms with van der Waals surface area (Å²) in [5, 5.41) is 14.0. The number of oxime groups is 1. The molecule has 0 aliphatic carbocycles. The third kappa shape index (κ3) is 4.72. The van der Waals surface area contributed by atoms with Crippen LogP contribution in [0.25, 0.3) is 0 Å². The number of anilines is 1. The van der Waals surface area contributed by atoms with Crippen LogP contribution in [0.4, 0.5) is 5.69 Å². The van der Waals surface area contributed by atoms with Crippen molar-refractivity contribution in [3.8, 4) is 0 Å². The van der Waals surface area contributed by atoms with E-state index in [1.807, 2.05) is 0 Å². The highest BCUT2D eigenvalue weighted by molar-refractivity contribution is 7.89.